The minimum absolute atomic E-state index is 0.0383. The maximum atomic E-state index is 12.9. The molecule has 0 saturated carbocycles. The Morgan fingerprint density at radius 2 is 1.14 bits per heavy atom. The average molecular weight is 308 g/mol. The van der Waals surface area contributed by atoms with E-state index in [1.165, 1.54) is 19.3 Å². The zero-order chi connectivity index (χ0) is 15.4. The fraction of sp³-hybridized carbons (Fsp3) is 0.941. The normalized spacial score (nSPS) is 36.5. The van der Waals surface area contributed by atoms with Crippen LogP contribution >= 0.6 is 0 Å². The van der Waals surface area contributed by atoms with E-state index in [4.69, 9.17) is 5.73 Å². The van der Waals surface area contributed by atoms with Crippen LogP contribution in [-0.4, -0.2) is 45.2 Å². The third-order valence-corrected chi connectivity index (χ3v) is 6.34. The molecule has 5 nitrogen and oxygen atoms in total. The van der Waals surface area contributed by atoms with Crippen LogP contribution in [0.25, 0.3) is 0 Å². The first-order chi connectivity index (χ1) is 10.8. The topological polar surface area (TPSA) is 79.2 Å². The van der Waals surface area contributed by atoms with Gasteiger partial charge in [0, 0.05) is 0 Å². The van der Waals surface area contributed by atoms with E-state index < -0.39 is 0 Å². The second-order valence-electron chi connectivity index (χ2n) is 7.43. The molecule has 0 radical (unpaired) electrons. The Morgan fingerprint density at radius 3 is 1.36 bits per heavy atom. The number of amides is 1. The lowest BCUT2D eigenvalue weighted by atomic mass is 9.54. The van der Waals surface area contributed by atoms with E-state index >= 15 is 0 Å². The summed E-state index contributed by atoms with van der Waals surface area (Å²) in [5, 5.41) is 10.6. The molecule has 1 amide bonds. The quantitative estimate of drug-likeness (QED) is 0.608. The standard InChI is InChI=1S/C17H32N4O/c18-16(22)17(13-4-1-7-19-10-13,14-5-2-8-20-11-14)15-6-3-9-21-12-15/h13-15,19-21H,1-12H2,(H2,18,22). The van der Waals surface area contributed by atoms with Gasteiger partial charge in [-0.1, -0.05) is 0 Å². The minimum atomic E-state index is -0.339. The highest BCUT2D eigenvalue weighted by molar-refractivity contribution is 5.82. The van der Waals surface area contributed by atoms with Crippen LogP contribution < -0.4 is 21.7 Å². The zero-order valence-electron chi connectivity index (χ0n) is 13.7. The molecule has 3 heterocycles. The molecule has 0 spiro atoms. The molecule has 3 unspecified atom stereocenters. The first kappa shape index (κ1) is 16.2. The molecule has 3 atom stereocenters. The first-order valence-corrected chi connectivity index (χ1v) is 9.18. The number of hydrogen-bond donors (Lipinski definition) is 4. The number of primary amides is 1. The molecule has 3 fully saturated rings. The molecule has 22 heavy (non-hydrogen) atoms. The molecule has 3 aliphatic rings. The monoisotopic (exact) mass is 308 g/mol. The average Bonchev–Trinajstić information content (AvgIpc) is 2.58. The second-order valence-corrected chi connectivity index (χ2v) is 7.43. The van der Waals surface area contributed by atoms with Gasteiger partial charge in [0.1, 0.15) is 0 Å². The van der Waals surface area contributed by atoms with E-state index in [0.717, 1.165) is 58.5 Å². The van der Waals surface area contributed by atoms with Crippen LogP contribution in [0, 0.1) is 23.2 Å². The summed E-state index contributed by atoms with van der Waals surface area (Å²) < 4.78 is 0. The van der Waals surface area contributed by atoms with E-state index in [9.17, 15) is 4.79 Å². The van der Waals surface area contributed by atoms with Crippen LogP contribution in [0.1, 0.15) is 38.5 Å². The molecule has 5 N–H and O–H groups in total. The van der Waals surface area contributed by atoms with Gasteiger partial charge in [0.2, 0.25) is 5.91 Å². The Balaban J connectivity index is 1.94. The summed E-state index contributed by atoms with van der Waals surface area (Å²) in [5.74, 6) is 1.15. The number of piperidine rings is 3. The molecule has 0 aromatic rings. The van der Waals surface area contributed by atoms with Gasteiger partial charge < -0.3 is 21.7 Å². The van der Waals surface area contributed by atoms with Gasteiger partial charge in [-0.25, -0.2) is 0 Å². The number of rotatable bonds is 4. The van der Waals surface area contributed by atoms with Gasteiger partial charge in [-0.2, -0.15) is 0 Å². The van der Waals surface area contributed by atoms with Crippen molar-refractivity contribution in [3.8, 4) is 0 Å². The van der Waals surface area contributed by atoms with Crippen molar-refractivity contribution in [1.29, 1.82) is 0 Å². The minimum Gasteiger partial charge on any atom is -0.369 e. The molecule has 0 bridgehead atoms. The molecule has 0 aromatic carbocycles. The summed E-state index contributed by atoms with van der Waals surface area (Å²) in [7, 11) is 0. The SMILES string of the molecule is NC(=O)C(C1CCCNC1)(C1CCCNC1)C1CCCNC1. The van der Waals surface area contributed by atoms with Crippen LogP contribution in [0.5, 0.6) is 0 Å². The lowest BCUT2D eigenvalue weighted by Gasteiger charge is -2.52. The van der Waals surface area contributed by atoms with Crippen molar-refractivity contribution < 1.29 is 4.79 Å². The van der Waals surface area contributed by atoms with Crippen molar-refractivity contribution in [2.45, 2.75) is 38.5 Å². The fourth-order valence-electron chi connectivity index (χ4n) is 5.38. The number of carbonyl (C=O) groups excluding carboxylic acids is 1. The van der Waals surface area contributed by atoms with Gasteiger partial charge in [0.25, 0.3) is 0 Å². The summed E-state index contributed by atoms with van der Waals surface area (Å²) in [5.41, 5.74) is 5.80. The fourth-order valence-corrected chi connectivity index (χ4v) is 5.38. The largest absolute Gasteiger partial charge is 0.369 e. The van der Waals surface area contributed by atoms with Crippen molar-refractivity contribution in [3.63, 3.8) is 0 Å². The molecule has 3 saturated heterocycles. The molecule has 3 aliphatic heterocycles. The second kappa shape index (κ2) is 7.28. The van der Waals surface area contributed by atoms with Crippen molar-refractivity contribution in [2.24, 2.45) is 28.9 Å². The molecule has 0 aliphatic carbocycles. The van der Waals surface area contributed by atoms with Gasteiger partial charge in [-0.15, -0.1) is 0 Å². The van der Waals surface area contributed by atoms with Crippen molar-refractivity contribution in [1.82, 2.24) is 16.0 Å². The van der Waals surface area contributed by atoms with Gasteiger partial charge >= 0.3 is 0 Å². The van der Waals surface area contributed by atoms with Crippen LogP contribution in [0.3, 0.4) is 0 Å². The molecule has 126 valence electrons. The molecular formula is C17H32N4O. The Labute approximate surface area is 134 Å². The Hall–Kier alpha value is -0.650. The smallest absolute Gasteiger partial charge is 0.224 e. The predicted octanol–water partition coefficient (Wildman–Crippen LogP) is 0.457. The van der Waals surface area contributed by atoms with Gasteiger partial charge in [-0.3, -0.25) is 4.79 Å². The number of hydrogen-bond acceptors (Lipinski definition) is 4. The summed E-state index contributed by atoms with van der Waals surface area (Å²) in [4.78, 5) is 12.9. The van der Waals surface area contributed by atoms with E-state index in [0.29, 0.717) is 17.8 Å². The molecule has 3 rings (SSSR count). The molecular weight excluding hydrogens is 276 g/mol. The maximum absolute atomic E-state index is 12.9. The molecule has 5 heteroatoms. The summed E-state index contributed by atoms with van der Waals surface area (Å²) in [6.07, 6.45) is 6.93. The lowest BCUT2D eigenvalue weighted by molar-refractivity contribution is -0.144. The lowest BCUT2D eigenvalue weighted by Crippen LogP contribution is -2.62. The van der Waals surface area contributed by atoms with Crippen molar-refractivity contribution >= 4 is 5.91 Å². The van der Waals surface area contributed by atoms with Gasteiger partial charge in [0.15, 0.2) is 0 Å². The maximum Gasteiger partial charge on any atom is 0.224 e. The number of carbonyl (C=O) groups is 1. The van der Waals surface area contributed by atoms with E-state index in [-0.39, 0.29) is 11.3 Å². The summed E-state index contributed by atoms with van der Waals surface area (Å²) >= 11 is 0. The summed E-state index contributed by atoms with van der Waals surface area (Å²) in [6, 6.07) is 0. The number of nitrogens with one attached hydrogen (secondary N) is 3. The van der Waals surface area contributed by atoms with Crippen LogP contribution in [-0.2, 0) is 4.79 Å². The third kappa shape index (κ3) is 2.91. The van der Waals surface area contributed by atoms with E-state index in [2.05, 4.69) is 16.0 Å². The van der Waals surface area contributed by atoms with Crippen LogP contribution in [0.15, 0.2) is 0 Å². The first-order valence-electron chi connectivity index (χ1n) is 9.18. The highest BCUT2D eigenvalue weighted by atomic mass is 16.1. The van der Waals surface area contributed by atoms with Crippen LogP contribution in [0.2, 0.25) is 0 Å². The number of nitrogens with two attached hydrogens (primary N) is 1. The van der Waals surface area contributed by atoms with E-state index in [1.54, 1.807) is 0 Å². The summed E-state index contributed by atoms with van der Waals surface area (Å²) in [6.45, 7) is 6.10. The third-order valence-electron chi connectivity index (χ3n) is 6.34. The van der Waals surface area contributed by atoms with Crippen LogP contribution in [0.4, 0.5) is 0 Å². The van der Waals surface area contributed by atoms with Gasteiger partial charge in [-0.05, 0) is 95.5 Å². The van der Waals surface area contributed by atoms with Crippen molar-refractivity contribution in [2.75, 3.05) is 39.3 Å². The molecule has 0 aromatic heterocycles. The highest BCUT2D eigenvalue weighted by Gasteiger charge is 2.55. The zero-order valence-corrected chi connectivity index (χ0v) is 13.7. The predicted molar refractivity (Wildman–Crippen MR) is 88.4 cm³/mol. The highest BCUT2D eigenvalue weighted by Crippen LogP contribution is 2.49. The van der Waals surface area contributed by atoms with Crippen molar-refractivity contribution in [3.05, 3.63) is 0 Å². The Morgan fingerprint density at radius 1 is 0.773 bits per heavy atom. The van der Waals surface area contributed by atoms with Gasteiger partial charge in [0.05, 0.1) is 5.41 Å². The van der Waals surface area contributed by atoms with E-state index in [1.807, 2.05) is 0 Å². The Bertz CT molecular complexity index is 323. The Kier molecular flexibility index (Phi) is 5.37.